The van der Waals surface area contributed by atoms with E-state index in [0.29, 0.717) is 0 Å². The summed E-state index contributed by atoms with van der Waals surface area (Å²) in [6, 6.07) is 8.19. The number of nitrogens with zero attached hydrogens (tertiary/aromatic N) is 5. The summed E-state index contributed by atoms with van der Waals surface area (Å²) < 4.78 is 5.99. The van der Waals surface area contributed by atoms with Gasteiger partial charge in [-0.2, -0.15) is 0 Å². The summed E-state index contributed by atoms with van der Waals surface area (Å²) in [5, 5.41) is 8.83. The number of fused-ring (bicyclic) bond motifs is 2. The fourth-order valence-electron chi connectivity index (χ4n) is 3.19. The smallest absolute Gasteiger partial charge is 0.232 e. The van der Waals surface area contributed by atoms with E-state index >= 15 is 0 Å². The van der Waals surface area contributed by atoms with Crippen LogP contribution >= 0.6 is 0 Å². The summed E-state index contributed by atoms with van der Waals surface area (Å²) in [7, 11) is 4.25. The second-order valence-electron chi connectivity index (χ2n) is 6.11. The highest BCUT2D eigenvalue weighted by Crippen LogP contribution is 2.37. The summed E-state index contributed by atoms with van der Waals surface area (Å²) in [4.78, 5) is 6.89. The minimum atomic E-state index is -0.254. The summed E-state index contributed by atoms with van der Waals surface area (Å²) in [6.45, 7) is 4.13. The average molecular weight is 299 g/mol. The third kappa shape index (κ3) is 2.23. The molecule has 3 aliphatic rings. The van der Waals surface area contributed by atoms with Crippen LogP contribution in [0.15, 0.2) is 46.4 Å². The molecule has 1 aromatic rings. The molecule has 3 aliphatic heterocycles. The van der Waals surface area contributed by atoms with Crippen LogP contribution in [0.4, 0.5) is 5.69 Å². The zero-order valence-corrected chi connectivity index (χ0v) is 13.0. The van der Waals surface area contributed by atoms with Gasteiger partial charge in [0.2, 0.25) is 6.23 Å². The van der Waals surface area contributed by atoms with Gasteiger partial charge in [0, 0.05) is 33.2 Å². The number of para-hydroxylation sites is 2. The predicted molar refractivity (Wildman–Crippen MR) is 85.1 cm³/mol. The van der Waals surface area contributed by atoms with Crippen molar-refractivity contribution in [3.63, 3.8) is 0 Å². The molecule has 6 nitrogen and oxygen atoms in total. The Labute approximate surface area is 130 Å². The van der Waals surface area contributed by atoms with Gasteiger partial charge in [0.15, 0.2) is 0 Å². The van der Waals surface area contributed by atoms with Gasteiger partial charge in [-0.3, -0.25) is 0 Å². The van der Waals surface area contributed by atoms with Crippen LogP contribution in [0.5, 0.6) is 5.75 Å². The molecule has 0 bridgehead atoms. The standard InChI is InChI=1S/C16H21N5O/c1-19-7-9-21(10-8-19)15-11-13-16(18-17-15)22-14-6-4-3-5-12(14)20(13)2/h3-6,11,13,16H,7-10H2,1-2H3/t13-,16-/m0/s1. The number of rotatable bonds is 1. The van der Waals surface area contributed by atoms with Crippen molar-refractivity contribution in [3.8, 4) is 5.75 Å². The second kappa shape index (κ2) is 5.28. The average Bonchev–Trinajstić information content (AvgIpc) is 2.56. The van der Waals surface area contributed by atoms with E-state index < -0.39 is 0 Å². The Hall–Kier alpha value is -2.08. The third-order valence-corrected chi connectivity index (χ3v) is 4.65. The van der Waals surface area contributed by atoms with Gasteiger partial charge in [0.1, 0.15) is 17.6 Å². The number of ether oxygens (including phenoxy) is 1. The first kappa shape index (κ1) is 13.6. The van der Waals surface area contributed by atoms with Gasteiger partial charge < -0.3 is 19.4 Å². The van der Waals surface area contributed by atoms with Crippen molar-refractivity contribution in [2.45, 2.75) is 12.3 Å². The minimum Gasteiger partial charge on any atom is -0.462 e. The first-order chi connectivity index (χ1) is 10.7. The highest BCUT2D eigenvalue weighted by atomic mass is 16.5. The number of hydrogen-bond acceptors (Lipinski definition) is 6. The molecule has 116 valence electrons. The molecule has 0 unspecified atom stereocenters. The molecule has 0 spiro atoms. The van der Waals surface area contributed by atoms with Crippen molar-refractivity contribution in [1.82, 2.24) is 9.80 Å². The van der Waals surface area contributed by atoms with E-state index in [2.05, 4.69) is 51.2 Å². The maximum atomic E-state index is 5.99. The predicted octanol–water partition coefficient (Wildman–Crippen LogP) is 1.76. The number of likely N-dealkylation sites (N-methyl/N-ethyl adjacent to an activating group) is 2. The van der Waals surface area contributed by atoms with Gasteiger partial charge in [-0.1, -0.05) is 12.1 Å². The van der Waals surface area contributed by atoms with Crippen LogP contribution in [-0.2, 0) is 0 Å². The van der Waals surface area contributed by atoms with E-state index in [1.807, 2.05) is 18.2 Å². The van der Waals surface area contributed by atoms with E-state index in [-0.39, 0.29) is 12.3 Å². The van der Waals surface area contributed by atoms with E-state index in [1.54, 1.807) is 0 Å². The van der Waals surface area contributed by atoms with Crippen LogP contribution in [0.1, 0.15) is 0 Å². The van der Waals surface area contributed by atoms with Gasteiger partial charge >= 0.3 is 0 Å². The molecule has 0 aliphatic carbocycles. The summed E-state index contributed by atoms with van der Waals surface area (Å²) >= 11 is 0. The quantitative estimate of drug-likeness (QED) is 0.792. The molecule has 3 heterocycles. The molecule has 0 amide bonds. The molecule has 2 atom stereocenters. The molecule has 1 saturated heterocycles. The Morgan fingerprint density at radius 3 is 2.68 bits per heavy atom. The first-order valence-electron chi connectivity index (χ1n) is 7.77. The lowest BCUT2D eigenvalue weighted by Crippen LogP contribution is -2.49. The van der Waals surface area contributed by atoms with E-state index in [4.69, 9.17) is 4.74 Å². The Morgan fingerprint density at radius 2 is 1.86 bits per heavy atom. The fraction of sp³-hybridized carbons (Fsp3) is 0.500. The van der Waals surface area contributed by atoms with Gasteiger partial charge in [-0.15, -0.1) is 10.2 Å². The van der Waals surface area contributed by atoms with Crippen molar-refractivity contribution in [2.24, 2.45) is 10.2 Å². The van der Waals surface area contributed by atoms with Crippen molar-refractivity contribution >= 4 is 5.69 Å². The number of benzene rings is 1. The van der Waals surface area contributed by atoms with Crippen LogP contribution in [0.2, 0.25) is 0 Å². The van der Waals surface area contributed by atoms with Crippen LogP contribution in [-0.4, -0.2) is 62.3 Å². The maximum Gasteiger partial charge on any atom is 0.232 e. The lowest BCUT2D eigenvalue weighted by atomic mass is 10.1. The van der Waals surface area contributed by atoms with Gasteiger partial charge in [-0.05, 0) is 25.3 Å². The van der Waals surface area contributed by atoms with Crippen LogP contribution in [0.25, 0.3) is 0 Å². The maximum absolute atomic E-state index is 5.99. The van der Waals surface area contributed by atoms with E-state index in [0.717, 1.165) is 43.4 Å². The highest BCUT2D eigenvalue weighted by Gasteiger charge is 2.36. The zero-order valence-electron chi connectivity index (χ0n) is 13.0. The van der Waals surface area contributed by atoms with Crippen molar-refractivity contribution < 1.29 is 4.74 Å². The first-order valence-corrected chi connectivity index (χ1v) is 7.77. The lowest BCUT2D eigenvalue weighted by molar-refractivity contribution is 0.150. The normalized spacial score (nSPS) is 27.8. The fourth-order valence-corrected chi connectivity index (χ4v) is 3.19. The van der Waals surface area contributed by atoms with Crippen LogP contribution in [0.3, 0.4) is 0 Å². The highest BCUT2D eigenvalue weighted by molar-refractivity contribution is 5.61. The molecular weight excluding hydrogens is 278 g/mol. The SMILES string of the molecule is CN1CCN(C2=C[C@H]3[C@@H](N=N2)Oc2ccccc2N3C)CC1. The lowest BCUT2D eigenvalue weighted by Gasteiger charge is -2.41. The Bertz CT molecular complexity index is 621. The Balaban J connectivity index is 1.59. The van der Waals surface area contributed by atoms with Crippen LogP contribution in [0, 0.1) is 0 Å². The third-order valence-electron chi connectivity index (χ3n) is 4.65. The van der Waals surface area contributed by atoms with E-state index in [9.17, 15) is 0 Å². The topological polar surface area (TPSA) is 43.7 Å². The van der Waals surface area contributed by atoms with Crippen molar-refractivity contribution in [3.05, 3.63) is 36.2 Å². The molecule has 0 radical (unpaired) electrons. The summed E-state index contributed by atoms with van der Waals surface area (Å²) in [5.74, 6) is 1.85. The molecular formula is C16H21N5O. The van der Waals surface area contributed by atoms with Crippen molar-refractivity contribution in [1.29, 1.82) is 0 Å². The molecule has 1 fully saturated rings. The largest absolute Gasteiger partial charge is 0.462 e. The number of hydrogen-bond donors (Lipinski definition) is 0. The molecule has 0 aromatic heterocycles. The Kier molecular flexibility index (Phi) is 3.26. The zero-order chi connectivity index (χ0) is 15.1. The number of anilines is 1. The van der Waals surface area contributed by atoms with Gasteiger partial charge in [0.05, 0.1) is 5.69 Å². The van der Waals surface area contributed by atoms with Crippen molar-refractivity contribution in [2.75, 3.05) is 45.2 Å². The van der Waals surface area contributed by atoms with Crippen LogP contribution < -0.4 is 9.64 Å². The van der Waals surface area contributed by atoms with Gasteiger partial charge in [-0.25, -0.2) is 0 Å². The molecule has 0 saturated carbocycles. The summed E-state index contributed by atoms with van der Waals surface area (Å²) in [5.41, 5.74) is 1.11. The summed E-state index contributed by atoms with van der Waals surface area (Å²) in [6.07, 6.45) is 1.94. The van der Waals surface area contributed by atoms with E-state index in [1.165, 1.54) is 0 Å². The van der Waals surface area contributed by atoms with Gasteiger partial charge in [0.25, 0.3) is 0 Å². The second-order valence-corrected chi connectivity index (χ2v) is 6.11. The molecule has 0 N–H and O–H groups in total. The monoisotopic (exact) mass is 299 g/mol. The number of azo groups is 1. The minimum absolute atomic E-state index is 0.0991. The molecule has 6 heteroatoms. The molecule has 1 aromatic carbocycles. The number of piperazine rings is 1. The molecule has 4 rings (SSSR count). The Morgan fingerprint density at radius 1 is 1.09 bits per heavy atom. The molecule has 22 heavy (non-hydrogen) atoms.